The zero-order chi connectivity index (χ0) is 18.1. The quantitative estimate of drug-likeness (QED) is 0.258. The van der Waals surface area contributed by atoms with E-state index < -0.39 is 0 Å². The average Bonchev–Trinajstić information content (AvgIpc) is 3.08. The lowest BCUT2D eigenvalue weighted by molar-refractivity contribution is 0.152. The van der Waals surface area contributed by atoms with E-state index in [1.54, 1.807) is 7.05 Å². The third kappa shape index (κ3) is 8.22. The lowest BCUT2D eigenvalue weighted by Gasteiger charge is -2.32. The Kier molecular flexibility index (Phi) is 11.1. The molecular weight excluding hydrogens is 443 g/mol. The van der Waals surface area contributed by atoms with E-state index in [1.807, 2.05) is 6.07 Å². The number of unbranched alkanes of at least 4 members (excludes halogenated alkanes) is 1. The van der Waals surface area contributed by atoms with Gasteiger partial charge in [-0.05, 0) is 32.4 Å². The molecule has 1 fully saturated rings. The first-order chi connectivity index (χ1) is 12.1. The summed E-state index contributed by atoms with van der Waals surface area (Å²) in [4.78, 5) is 9.21. The molecule has 0 unspecified atom stereocenters. The highest BCUT2D eigenvalue weighted by Crippen LogP contribution is 2.13. The molecule has 0 radical (unpaired) electrons. The minimum Gasteiger partial charge on any atom is -0.359 e. The van der Waals surface area contributed by atoms with E-state index in [-0.39, 0.29) is 24.0 Å². The first-order valence-electron chi connectivity index (χ1n) is 9.39. The molecule has 0 bridgehead atoms. The van der Waals surface area contributed by atoms with Crippen molar-refractivity contribution >= 4 is 29.9 Å². The summed E-state index contributed by atoms with van der Waals surface area (Å²) in [5.41, 5.74) is 0.989. The number of aromatic nitrogens is 1. The Hall–Kier alpha value is -0.870. The number of hydrogen-bond acceptors (Lipinski definition) is 5. The second kappa shape index (κ2) is 12.5. The smallest absolute Gasteiger partial charge is 0.191 e. The van der Waals surface area contributed by atoms with E-state index in [0.717, 1.165) is 30.4 Å². The standard InChI is InChI=1S/C18H34N6O.HI/c1-15(2)17-13-16(25-22-17)14-21-18(19-3)20-7-5-6-8-24-11-9-23(4)10-12-24;/h13,15H,5-12,14H2,1-4H3,(H2,19,20,21);1H. The number of likely N-dealkylation sites (N-methyl/N-ethyl adjacent to an activating group) is 1. The predicted molar refractivity (Wildman–Crippen MR) is 117 cm³/mol. The maximum absolute atomic E-state index is 5.33. The maximum atomic E-state index is 5.33. The van der Waals surface area contributed by atoms with Crippen molar-refractivity contribution in [2.24, 2.45) is 4.99 Å². The molecule has 1 aliphatic rings. The van der Waals surface area contributed by atoms with Crippen LogP contribution in [0, 0.1) is 0 Å². The van der Waals surface area contributed by atoms with Crippen LogP contribution in [0.15, 0.2) is 15.6 Å². The molecule has 8 heteroatoms. The Labute approximate surface area is 175 Å². The van der Waals surface area contributed by atoms with Gasteiger partial charge in [0.1, 0.15) is 0 Å². The largest absolute Gasteiger partial charge is 0.359 e. The predicted octanol–water partition coefficient (Wildman–Crippen LogP) is 2.11. The summed E-state index contributed by atoms with van der Waals surface area (Å²) in [6.07, 6.45) is 2.36. The van der Waals surface area contributed by atoms with Gasteiger partial charge >= 0.3 is 0 Å². The van der Waals surface area contributed by atoms with Gasteiger partial charge in [0.25, 0.3) is 0 Å². The van der Waals surface area contributed by atoms with E-state index in [9.17, 15) is 0 Å². The number of rotatable bonds is 8. The van der Waals surface area contributed by atoms with Crippen molar-refractivity contribution < 1.29 is 4.52 Å². The monoisotopic (exact) mass is 478 g/mol. The fraction of sp³-hybridized carbons (Fsp3) is 0.778. The molecule has 0 amide bonds. The topological polar surface area (TPSA) is 68.9 Å². The van der Waals surface area contributed by atoms with Gasteiger partial charge in [-0.2, -0.15) is 0 Å². The number of piperazine rings is 1. The highest BCUT2D eigenvalue weighted by molar-refractivity contribution is 14.0. The fourth-order valence-corrected chi connectivity index (χ4v) is 2.81. The van der Waals surface area contributed by atoms with Crippen LogP contribution < -0.4 is 10.6 Å². The van der Waals surface area contributed by atoms with Crippen LogP contribution in [0.1, 0.15) is 44.1 Å². The van der Waals surface area contributed by atoms with Gasteiger partial charge in [0.2, 0.25) is 0 Å². The molecule has 0 atom stereocenters. The van der Waals surface area contributed by atoms with Crippen molar-refractivity contribution in [2.45, 2.75) is 39.2 Å². The zero-order valence-electron chi connectivity index (χ0n) is 16.6. The first-order valence-corrected chi connectivity index (χ1v) is 9.39. The fourth-order valence-electron chi connectivity index (χ4n) is 2.81. The summed E-state index contributed by atoms with van der Waals surface area (Å²) in [5.74, 6) is 2.03. The van der Waals surface area contributed by atoms with Crippen LogP contribution in [0.5, 0.6) is 0 Å². The molecule has 1 saturated heterocycles. The number of hydrogen-bond donors (Lipinski definition) is 2. The molecular formula is C18H35IN6O. The number of nitrogens with zero attached hydrogens (tertiary/aromatic N) is 4. The van der Waals surface area contributed by atoms with E-state index in [0.29, 0.717) is 12.5 Å². The molecule has 0 spiro atoms. The van der Waals surface area contributed by atoms with Gasteiger partial charge in [-0.15, -0.1) is 24.0 Å². The number of nitrogens with one attached hydrogen (secondary N) is 2. The zero-order valence-corrected chi connectivity index (χ0v) is 19.0. The van der Waals surface area contributed by atoms with E-state index in [2.05, 4.69) is 51.5 Å². The summed E-state index contributed by atoms with van der Waals surface area (Å²) < 4.78 is 5.33. The lowest BCUT2D eigenvalue weighted by Crippen LogP contribution is -2.44. The first kappa shape index (κ1) is 23.2. The summed E-state index contributed by atoms with van der Waals surface area (Å²) in [5, 5.41) is 10.7. The Morgan fingerprint density at radius 2 is 1.96 bits per heavy atom. The molecule has 0 aromatic carbocycles. The molecule has 1 aromatic rings. The maximum Gasteiger partial charge on any atom is 0.191 e. The summed E-state index contributed by atoms with van der Waals surface area (Å²) in [6.45, 7) is 11.7. The van der Waals surface area contributed by atoms with Crippen molar-refractivity contribution in [2.75, 3.05) is 53.4 Å². The minimum absolute atomic E-state index is 0. The lowest BCUT2D eigenvalue weighted by atomic mass is 10.1. The second-order valence-electron chi connectivity index (χ2n) is 7.08. The molecule has 2 rings (SSSR count). The molecule has 2 N–H and O–H groups in total. The third-order valence-corrected chi connectivity index (χ3v) is 4.61. The van der Waals surface area contributed by atoms with Crippen molar-refractivity contribution in [3.63, 3.8) is 0 Å². The third-order valence-electron chi connectivity index (χ3n) is 4.61. The molecule has 7 nitrogen and oxygen atoms in total. The van der Waals surface area contributed by atoms with Gasteiger partial charge in [-0.3, -0.25) is 4.99 Å². The van der Waals surface area contributed by atoms with E-state index in [4.69, 9.17) is 4.52 Å². The van der Waals surface area contributed by atoms with Crippen LogP contribution in [0.4, 0.5) is 0 Å². The van der Waals surface area contributed by atoms with Crippen LogP contribution >= 0.6 is 24.0 Å². The van der Waals surface area contributed by atoms with E-state index in [1.165, 1.54) is 39.1 Å². The van der Waals surface area contributed by atoms with Crippen molar-refractivity contribution in [3.8, 4) is 0 Å². The number of guanidine groups is 1. The molecule has 26 heavy (non-hydrogen) atoms. The van der Waals surface area contributed by atoms with Gasteiger partial charge in [0.15, 0.2) is 11.7 Å². The minimum atomic E-state index is 0. The summed E-state index contributed by atoms with van der Waals surface area (Å²) >= 11 is 0. The van der Waals surface area contributed by atoms with Crippen LogP contribution in [0.3, 0.4) is 0 Å². The van der Waals surface area contributed by atoms with Crippen LogP contribution in [-0.4, -0.2) is 74.3 Å². The van der Waals surface area contributed by atoms with Crippen LogP contribution in [0.2, 0.25) is 0 Å². The molecule has 2 heterocycles. The van der Waals surface area contributed by atoms with Crippen molar-refractivity contribution in [1.82, 2.24) is 25.6 Å². The molecule has 0 aliphatic carbocycles. The van der Waals surface area contributed by atoms with Crippen LogP contribution in [0.25, 0.3) is 0 Å². The van der Waals surface area contributed by atoms with Crippen LogP contribution in [-0.2, 0) is 6.54 Å². The van der Waals surface area contributed by atoms with E-state index >= 15 is 0 Å². The highest BCUT2D eigenvalue weighted by atomic mass is 127. The van der Waals surface area contributed by atoms with Crippen molar-refractivity contribution in [3.05, 3.63) is 17.5 Å². The number of aliphatic imine (C=N–C) groups is 1. The summed E-state index contributed by atoms with van der Waals surface area (Å²) in [7, 11) is 3.99. The molecule has 150 valence electrons. The molecule has 1 aromatic heterocycles. The van der Waals surface area contributed by atoms with Crippen molar-refractivity contribution in [1.29, 1.82) is 0 Å². The van der Waals surface area contributed by atoms with Gasteiger partial charge in [0.05, 0.1) is 12.2 Å². The van der Waals surface area contributed by atoms with Gasteiger partial charge < -0.3 is 25.0 Å². The second-order valence-corrected chi connectivity index (χ2v) is 7.08. The normalized spacial score (nSPS) is 16.6. The average molecular weight is 478 g/mol. The Balaban J connectivity index is 0.00000338. The Bertz CT molecular complexity index is 526. The SMILES string of the molecule is CN=C(NCCCCN1CCN(C)CC1)NCc1cc(C(C)C)no1.I. The van der Waals surface area contributed by atoms with Gasteiger partial charge in [-0.25, -0.2) is 0 Å². The van der Waals surface area contributed by atoms with Gasteiger partial charge in [-0.1, -0.05) is 19.0 Å². The number of halogens is 1. The highest BCUT2D eigenvalue weighted by Gasteiger charge is 2.12. The molecule has 1 aliphatic heterocycles. The Morgan fingerprint density at radius 3 is 2.58 bits per heavy atom. The molecule has 0 saturated carbocycles. The summed E-state index contributed by atoms with van der Waals surface area (Å²) in [6, 6.07) is 2.00. The van der Waals surface area contributed by atoms with Gasteiger partial charge in [0, 0.05) is 45.8 Å². The Morgan fingerprint density at radius 1 is 1.23 bits per heavy atom.